The molecule has 0 N–H and O–H groups in total. The zero-order valence-electron chi connectivity index (χ0n) is 14.6. The predicted molar refractivity (Wildman–Crippen MR) is 103 cm³/mol. The highest BCUT2D eigenvalue weighted by Gasteiger charge is 2.23. The highest BCUT2D eigenvalue weighted by atomic mass is 35.5. The summed E-state index contributed by atoms with van der Waals surface area (Å²) >= 11 is 12.2. The molecular formula is C18H14Cl2O7S. The number of hydrogen-bond donors (Lipinski definition) is 0. The Balaban J connectivity index is 2.44. The smallest absolute Gasteiger partial charge is 0.345 e. The molecule has 148 valence electrons. The second-order valence-electron chi connectivity index (χ2n) is 5.21. The molecular weight excluding hydrogens is 431 g/mol. The Morgan fingerprint density at radius 1 is 0.929 bits per heavy atom. The zero-order chi connectivity index (χ0) is 20.9. The van der Waals surface area contributed by atoms with E-state index >= 15 is 0 Å². The average molecular weight is 445 g/mol. The van der Waals surface area contributed by atoms with Gasteiger partial charge in [-0.1, -0.05) is 41.4 Å². The lowest BCUT2D eigenvalue weighted by Crippen LogP contribution is -2.15. The minimum atomic E-state index is -4.16. The maximum Gasteiger partial charge on any atom is 0.345 e. The largest absolute Gasteiger partial charge is 0.465 e. The number of methoxy groups -OCH3 is 2. The molecule has 0 saturated heterocycles. The molecule has 0 bridgehead atoms. The van der Waals surface area contributed by atoms with Crippen molar-refractivity contribution in [2.75, 3.05) is 14.2 Å². The Morgan fingerprint density at radius 2 is 1.43 bits per heavy atom. The van der Waals surface area contributed by atoms with E-state index < -0.39 is 27.6 Å². The third-order valence-corrected chi connectivity index (χ3v) is 5.16. The zero-order valence-corrected chi connectivity index (χ0v) is 17.0. The van der Waals surface area contributed by atoms with Crippen molar-refractivity contribution in [3.8, 4) is 5.75 Å². The summed E-state index contributed by atoms with van der Waals surface area (Å²) in [5.41, 5.74) is -0.173. The fraction of sp³-hybridized carbons (Fsp3) is 0.111. The summed E-state index contributed by atoms with van der Waals surface area (Å²) in [6.45, 7) is 0. The molecule has 2 rings (SSSR count). The molecule has 0 atom stereocenters. The summed E-state index contributed by atoms with van der Waals surface area (Å²) in [5.74, 6) is -2.14. The van der Waals surface area contributed by atoms with Crippen molar-refractivity contribution in [1.29, 1.82) is 0 Å². The molecule has 0 aliphatic heterocycles. The topological polar surface area (TPSA) is 96.0 Å². The maximum atomic E-state index is 12.4. The Morgan fingerprint density at radius 3 is 1.89 bits per heavy atom. The molecule has 0 aliphatic rings. The van der Waals surface area contributed by atoms with Crippen LogP contribution in [-0.2, 0) is 29.2 Å². The van der Waals surface area contributed by atoms with Crippen LogP contribution in [0.4, 0.5) is 0 Å². The third-order valence-electron chi connectivity index (χ3n) is 3.37. The van der Waals surface area contributed by atoms with E-state index in [1.54, 1.807) is 6.07 Å². The van der Waals surface area contributed by atoms with Crippen molar-refractivity contribution in [3.05, 3.63) is 63.6 Å². The summed E-state index contributed by atoms with van der Waals surface area (Å²) in [7, 11) is -1.96. The van der Waals surface area contributed by atoms with Gasteiger partial charge >= 0.3 is 22.1 Å². The fourth-order valence-electron chi connectivity index (χ4n) is 2.08. The average Bonchev–Trinajstić information content (AvgIpc) is 2.68. The Bertz CT molecular complexity index is 990. The van der Waals surface area contributed by atoms with Gasteiger partial charge in [-0.25, -0.2) is 9.59 Å². The minimum Gasteiger partial charge on any atom is -0.465 e. The Kier molecular flexibility index (Phi) is 7.06. The van der Waals surface area contributed by atoms with E-state index in [1.807, 2.05) is 0 Å². The maximum absolute atomic E-state index is 12.4. The molecule has 0 saturated carbocycles. The number of benzene rings is 2. The lowest BCUT2D eigenvalue weighted by Gasteiger charge is -2.11. The first-order valence-corrected chi connectivity index (χ1v) is 9.73. The number of ether oxygens (including phenoxy) is 2. The number of esters is 2. The van der Waals surface area contributed by atoms with E-state index in [4.69, 9.17) is 27.4 Å². The highest BCUT2D eigenvalue weighted by molar-refractivity contribution is 7.87. The van der Waals surface area contributed by atoms with Crippen molar-refractivity contribution >= 4 is 51.3 Å². The number of hydrogen-bond acceptors (Lipinski definition) is 7. The third kappa shape index (κ3) is 5.03. The summed E-state index contributed by atoms with van der Waals surface area (Å²) in [4.78, 5) is 23.4. The van der Waals surface area contributed by atoms with E-state index in [0.29, 0.717) is 0 Å². The van der Waals surface area contributed by atoms with Crippen LogP contribution in [0.15, 0.2) is 52.9 Å². The van der Waals surface area contributed by atoms with Crippen molar-refractivity contribution in [2.24, 2.45) is 0 Å². The molecule has 0 heterocycles. The second kappa shape index (κ2) is 9.09. The van der Waals surface area contributed by atoms with Gasteiger partial charge in [-0.3, -0.25) is 0 Å². The van der Waals surface area contributed by atoms with Gasteiger partial charge in [-0.2, -0.15) is 8.42 Å². The molecule has 0 aromatic heterocycles. The van der Waals surface area contributed by atoms with Gasteiger partial charge in [0.15, 0.2) is 5.75 Å². The summed E-state index contributed by atoms with van der Waals surface area (Å²) < 4.78 is 38.8. The molecule has 0 spiro atoms. The van der Waals surface area contributed by atoms with Crippen LogP contribution in [0, 0.1) is 0 Å². The van der Waals surface area contributed by atoms with E-state index in [0.717, 1.165) is 20.3 Å². The van der Waals surface area contributed by atoms with E-state index in [-0.39, 0.29) is 26.3 Å². The van der Waals surface area contributed by atoms with Crippen LogP contribution in [0.25, 0.3) is 6.08 Å². The van der Waals surface area contributed by atoms with E-state index in [9.17, 15) is 18.0 Å². The molecule has 0 fully saturated rings. The van der Waals surface area contributed by atoms with Crippen LogP contribution in [-0.4, -0.2) is 34.6 Å². The first-order valence-electron chi connectivity index (χ1n) is 7.56. The second-order valence-corrected chi connectivity index (χ2v) is 7.57. The SMILES string of the molecule is COC(=O)C(=Cc1cc(Cl)c(OS(=O)(=O)c2ccccc2)c(Cl)c1)C(=O)OC. The number of carbonyl (C=O) groups excluding carboxylic acids is 2. The van der Waals surface area contributed by atoms with Crippen LogP contribution < -0.4 is 4.18 Å². The van der Waals surface area contributed by atoms with Gasteiger partial charge in [0.05, 0.1) is 24.3 Å². The standard InChI is InChI=1S/C18H14Cl2O7S/c1-25-17(21)13(18(22)26-2)8-11-9-14(19)16(15(20)10-11)27-28(23,24)12-6-4-3-5-7-12/h3-10H,1-2H3. The lowest BCUT2D eigenvalue weighted by molar-refractivity contribution is -0.143. The lowest BCUT2D eigenvalue weighted by atomic mass is 10.1. The monoisotopic (exact) mass is 444 g/mol. The quantitative estimate of drug-likeness (QED) is 0.221. The first-order chi connectivity index (χ1) is 13.2. The molecule has 0 unspecified atom stereocenters. The van der Waals surface area contributed by atoms with Gasteiger partial charge in [0.2, 0.25) is 0 Å². The molecule has 28 heavy (non-hydrogen) atoms. The normalized spacial score (nSPS) is 10.7. The van der Waals surface area contributed by atoms with Gasteiger partial charge < -0.3 is 13.7 Å². The number of halogens is 2. The van der Waals surface area contributed by atoms with Gasteiger partial charge in [-0.15, -0.1) is 0 Å². The van der Waals surface area contributed by atoms with E-state index in [2.05, 4.69) is 9.47 Å². The molecule has 0 aliphatic carbocycles. The molecule has 0 radical (unpaired) electrons. The van der Waals surface area contributed by atoms with Crippen LogP contribution in [0.2, 0.25) is 10.0 Å². The van der Waals surface area contributed by atoms with Crippen LogP contribution in [0.5, 0.6) is 5.75 Å². The van der Waals surface area contributed by atoms with Crippen molar-refractivity contribution in [3.63, 3.8) is 0 Å². The van der Waals surface area contributed by atoms with Gasteiger partial charge in [-0.05, 0) is 35.9 Å². The number of rotatable bonds is 6. The van der Waals surface area contributed by atoms with Gasteiger partial charge in [0.1, 0.15) is 10.5 Å². The van der Waals surface area contributed by atoms with Gasteiger partial charge in [0, 0.05) is 0 Å². The fourth-order valence-corrected chi connectivity index (χ4v) is 3.73. The minimum absolute atomic E-state index is 0.0789. The number of carbonyl (C=O) groups is 2. The van der Waals surface area contributed by atoms with Crippen molar-refractivity contribution < 1.29 is 31.7 Å². The Hall–Kier alpha value is -2.55. The van der Waals surface area contributed by atoms with Crippen LogP contribution in [0.3, 0.4) is 0 Å². The van der Waals surface area contributed by atoms with Crippen molar-refractivity contribution in [1.82, 2.24) is 0 Å². The Labute approximate surface area is 171 Å². The highest BCUT2D eigenvalue weighted by Crippen LogP contribution is 2.36. The van der Waals surface area contributed by atoms with Crippen LogP contribution >= 0.6 is 23.2 Å². The first kappa shape index (κ1) is 21.7. The molecule has 0 amide bonds. The summed E-state index contributed by atoms with van der Waals surface area (Å²) in [6, 6.07) is 9.98. The molecule has 7 nitrogen and oxygen atoms in total. The van der Waals surface area contributed by atoms with Crippen LogP contribution in [0.1, 0.15) is 5.56 Å². The molecule has 2 aromatic rings. The molecule has 2 aromatic carbocycles. The molecule has 10 heteroatoms. The van der Waals surface area contributed by atoms with Gasteiger partial charge in [0.25, 0.3) is 0 Å². The predicted octanol–water partition coefficient (Wildman–Crippen LogP) is 3.49. The summed E-state index contributed by atoms with van der Waals surface area (Å²) in [6.07, 6.45) is 1.14. The van der Waals surface area contributed by atoms with E-state index in [1.165, 1.54) is 36.4 Å². The van der Waals surface area contributed by atoms with Crippen molar-refractivity contribution in [2.45, 2.75) is 4.90 Å². The summed E-state index contributed by atoms with van der Waals surface area (Å²) in [5, 5.41) is -0.292.